The van der Waals surface area contributed by atoms with Crippen molar-refractivity contribution < 1.29 is 0 Å². The molecule has 0 amide bonds. The second-order valence-electron chi connectivity index (χ2n) is 5.77. The Balaban J connectivity index is 1.70. The van der Waals surface area contributed by atoms with Gasteiger partial charge in [-0.15, -0.1) is 22.7 Å². The SMILES string of the molecule is c1csc([C@@H]2NCc3c(sc4c3CCC4)-n3cccc32)c1. The highest BCUT2D eigenvalue weighted by atomic mass is 32.1. The number of rotatable bonds is 1. The lowest BCUT2D eigenvalue weighted by Crippen LogP contribution is -2.20. The van der Waals surface area contributed by atoms with Crippen molar-refractivity contribution in [2.75, 3.05) is 0 Å². The molecule has 2 aliphatic rings. The van der Waals surface area contributed by atoms with Crippen LogP contribution in [0.1, 0.15) is 39.0 Å². The van der Waals surface area contributed by atoms with Crippen LogP contribution in [-0.4, -0.2) is 4.57 Å². The highest BCUT2D eigenvalue weighted by molar-refractivity contribution is 7.15. The Morgan fingerprint density at radius 3 is 3.05 bits per heavy atom. The number of aromatic nitrogens is 1. The van der Waals surface area contributed by atoms with E-state index in [2.05, 4.69) is 45.7 Å². The smallest absolute Gasteiger partial charge is 0.104 e. The molecule has 4 heteroatoms. The van der Waals surface area contributed by atoms with Gasteiger partial charge in [-0.25, -0.2) is 0 Å². The summed E-state index contributed by atoms with van der Waals surface area (Å²) in [7, 11) is 0. The van der Waals surface area contributed by atoms with Crippen molar-refractivity contribution in [2.45, 2.75) is 31.8 Å². The van der Waals surface area contributed by atoms with Crippen LogP contribution in [0.15, 0.2) is 35.8 Å². The Labute approximate surface area is 132 Å². The number of hydrogen-bond donors (Lipinski definition) is 1. The summed E-state index contributed by atoms with van der Waals surface area (Å²) in [6.07, 6.45) is 6.11. The van der Waals surface area contributed by atoms with Crippen LogP contribution in [0, 0.1) is 0 Å². The molecule has 106 valence electrons. The van der Waals surface area contributed by atoms with Crippen molar-refractivity contribution in [3.63, 3.8) is 0 Å². The van der Waals surface area contributed by atoms with Gasteiger partial charge in [0.25, 0.3) is 0 Å². The van der Waals surface area contributed by atoms with Gasteiger partial charge < -0.3 is 9.88 Å². The molecule has 2 nitrogen and oxygen atoms in total. The maximum Gasteiger partial charge on any atom is 0.104 e. The van der Waals surface area contributed by atoms with Crippen LogP contribution in [0.4, 0.5) is 0 Å². The van der Waals surface area contributed by atoms with E-state index in [1.807, 2.05) is 22.7 Å². The molecule has 1 atom stereocenters. The molecule has 0 bridgehead atoms. The molecular formula is C17H16N2S2. The number of nitrogens with zero attached hydrogens (tertiary/aromatic N) is 1. The number of fused-ring (bicyclic) bond motifs is 5. The van der Waals surface area contributed by atoms with Crippen molar-refractivity contribution in [1.82, 2.24) is 9.88 Å². The van der Waals surface area contributed by atoms with Gasteiger partial charge in [-0.1, -0.05) is 6.07 Å². The zero-order valence-electron chi connectivity index (χ0n) is 11.6. The molecule has 3 aromatic rings. The largest absolute Gasteiger partial charge is 0.310 e. The van der Waals surface area contributed by atoms with E-state index in [0.29, 0.717) is 6.04 Å². The van der Waals surface area contributed by atoms with E-state index in [1.165, 1.54) is 34.8 Å². The third-order valence-corrected chi connectivity index (χ3v) is 6.89. The van der Waals surface area contributed by atoms with Crippen LogP contribution in [0.25, 0.3) is 5.00 Å². The molecule has 3 aromatic heterocycles. The first kappa shape index (κ1) is 12.2. The van der Waals surface area contributed by atoms with Crippen molar-refractivity contribution in [3.8, 4) is 5.00 Å². The van der Waals surface area contributed by atoms with E-state index in [4.69, 9.17) is 0 Å². The minimum absolute atomic E-state index is 0.316. The van der Waals surface area contributed by atoms with E-state index >= 15 is 0 Å². The summed E-state index contributed by atoms with van der Waals surface area (Å²) in [4.78, 5) is 3.03. The molecule has 0 spiro atoms. The summed E-state index contributed by atoms with van der Waals surface area (Å²) in [5, 5.41) is 7.41. The summed E-state index contributed by atoms with van der Waals surface area (Å²) < 4.78 is 2.42. The molecule has 5 rings (SSSR count). The Morgan fingerprint density at radius 1 is 1.14 bits per heavy atom. The predicted molar refractivity (Wildman–Crippen MR) is 88.7 cm³/mol. The second-order valence-corrected chi connectivity index (χ2v) is 7.84. The van der Waals surface area contributed by atoms with Crippen LogP contribution in [0.3, 0.4) is 0 Å². The van der Waals surface area contributed by atoms with Gasteiger partial charge in [0.05, 0.1) is 6.04 Å². The minimum Gasteiger partial charge on any atom is -0.310 e. The van der Waals surface area contributed by atoms with Crippen molar-refractivity contribution in [1.29, 1.82) is 0 Å². The van der Waals surface area contributed by atoms with E-state index < -0.39 is 0 Å². The Kier molecular flexibility index (Phi) is 2.66. The van der Waals surface area contributed by atoms with E-state index in [-0.39, 0.29) is 0 Å². The molecule has 1 aliphatic heterocycles. The lowest BCUT2D eigenvalue weighted by Gasteiger charge is -2.16. The molecule has 1 aliphatic carbocycles. The first-order chi connectivity index (χ1) is 10.4. The normalized spacial score (nSPS) is 19.9. The van der Waals surface area contributed by atoms with Crippen molar-refractivity contribution in [3.05, 3.63) is 62.4 Å². The standard InChI is InChI=1S/C17H16N2S2/c1-4-11-12-10-18-16(15-7-3-9-20-15)13-5-2-8-19(13)17(12)21-14(11)6-1/h2-3,5,7-9,16,18H,1,4,6,10H2/t16-/m1/s1. The molecule has 0 saturated carbocycles. The lowest BCUT2D eigenvalue weighted by molar-refractivity contribution is 0.607. The summed E-state index contributed by atoms with van der Waals surface area (Å²) >= 11 is 3.85. The van der Waals surface area contributed by atoms with Crippen molar-refractivity contribution >= 4 is 22.7 Å². The summed E-state index contributed by atoms with van der Waals surface area (Å²) in [6, 6.07) is 9.14. The van der Waals surface area contributed by atoms with Crippen LogP contribution >= 0.6 is 22.7 Å². The number of nitrogens with one attached hydrogen (secondary N) is 1. The molecule has 21 heavy (non-hydrogen) atoms. The third kappa shape index (κ3) is 1.73. The van der Waals surface area contributed by atoms with Gasteiger partial charge >= 0.3 is 0 Å². The highest BCUT2D eigenvalue weighted by Crippen LogP contribution is 2.41. The molecule has 1 N–H and O–H groups in total. The van der Waals surface area contributed by atoms with Gasteiger partial charge in [-0.3, -0.25) is 0 Å². The second kappa shape index (κ2) is 4.57. The Morgan fingerprint density at radius 2 is 2.14 bits per heavy atom. The summed E-state index contributed by atoms with van der Waals surface area (Å²) in [6.45, 7) is 0.991. The van der Waals surface area contributed by atoms with Gasteiger partial charge in [0.15, 0.2) is 0 Å². The molecular weight excluding hydrogens is 296 g/mol. The van der Waals surface area contributed by atoms with Gasteiger partial charge in [-0.05, 0) is 48.4 Å². The van der Waals surface area contributed by atoms with E-state index in [9.17, 15) is 0 Å². The fourth-order valence-electron chi connectivity index (χ4n) is 3.66. The van der Waals surface area contributed by atoms with E-state index in [1.54, 1.807) is 16.0 Å². The van der Waals surface area contributed by atoms with E-state index in [0.717, 1.165) is 6.54 Å². The maximum absolute atomic E-state index is 3.79. The quantitative estimate of drug-likeness (QED) is 0.709. The number of aryl methyl sites for hydroxylation is 1. The Bertz CT molecular complexity index is 795. The fourth-order valence-corrected chi connectivity index (χ4v) is 5.88. The number of hydrogen-bond acceptors (Lipinski definition) is 3. The van der Waals surface area contributed by atoms with Gasteiger partial charge in [0.2, 0.25) is 0 Å². The predicted octanol–water partition coefficient (Wildman–Crippen LogP) is 4.28. The first-order valence-electron chi connectivity index (χ1n) is 7.49. The average molecular weight is 312 g/mol. The topological polar surface area (TPSA) is 17.0 Å². The van der Waals surface area contributed by atoms with Gasteiger partial charge in [-0.2, -0.15) is 0 Å². The minimum atomic E-state index is 0.316. The maximum atomic E-state index is 3.79. The first-order valence-corrected chi connectivity index (χ1v) is 9.19. The van der Waals surface area contributed by atoms with Crippen LogP contribution in [0.2, 0.25) is 0 Å². The van der Waals surface area contributed by atoms with Crippen LogP contribution < -0.4 is 5.32 Å². The Hall–Kier alpha value is -1.36. The molecule has 4 heterocycles. The zero-order valence-corrected chi connectivity index (χ0v) is 13.3. The molecule has 0 fully saturated rings. The van der Waals surface area contributed by atoms with Crippen LogP contribution in [0.5, 0.6) is 0 Å². The van der Waals surface area contributed by atoms with Gasteiger partial charge in [0.1, 0.15) is 5.00 Å². The summed E-state index contributed by atoms with van der Waals surface area (Å²) in [5.41, 5.74) is 4.55. The van der Waals surface area contributed by atoms with Crippen LogP contribution in [-0.2, 0) is 19.4 Å². The monoisotopic (exact) mass is 312 g/mol. The highest BCUT2D eigenvalue weighted by Gasteiger charge is 2.29. The third-order valence-electron chi connectivity index (χ3n) is 4.62. The molecule has 0 aromatic carbocycles. The molecule has 0 saturated heterocycles. The van der Waals surface area contributed by atoms with Gasteiger partial charge in [0, 0.05) is 33.8 Å². The average Bonchev–Trinajstić information content (AvgIpc) is 3.22. The molecule has 0 unspecified atom stereocenters. The lowest BCUT2D eigenvalue weighted by atomic mass is 10.1. The summed E-state index contributed by atoms with van der Waals surface area (Å²) in [5.74, 6) is 0. The number of thiophene rings is 2. The van der Waals surface area contributed by atoms with Crippen molar-refractivity contribution in [2.24, 2.45) is 0 Å². The zero-order chi connectivity index (χ0) is 13.8. The fraction of sp³-hybridized carbons (Fsp3) is 0.294. The molecule has 0 radical (unpaired) electrons.